The molecule has 0 aliphatic carbocycles. The van der Waals surface area contributed by atoms with Gasteiger partial charge in [-0.1, -0.05) is 32.0 Å². The van der Waals surface area contributed by atoms with E-state index in [0.717, 1.165) is 44.2 Å². The van der Waals surface area contributed by atoms with Crippen molar-refractivity contribution in [2.24, 2.45) is 5.92 Å². The molecule has 0 saturated carbocycles. The van der Waals surface area contributed by atoms with Crippen LogP contribution < -0.4 is 9.46 Å². The molecule has 2 heterocycles. The summed E-state index contributed by atoms with van der Waals surface area (Å²) in [4.78, 5) is 2.38. The van der Waals surface area contributed by atoms with Crippen LogP contribution in [0.3, 0.4) is 0 Å². The molecule has 1 unspecified atom stereocenters. The topological polar surface area (TPSA) is 89.3 Å². The van der Waals surface area contributed by atoms with Gasteiger partial charge < -0.3 is 9.30 Å². The molecule has 0 saturated heterocycles. The number of nitrogens with zero attached hydrogens (tertiary/aromatic N) is 4. The normalized spacial score (nSPS) is 16.4. The zero-order chi connectivity index (χ0) is 21.0. The van der Waals surface area contributed by atoms with Gasteiger partial charge in [-0.05, 0) is 18.9 Å². The Morgan fingerprint density at radius 3 is 2.62 bits per heavy atom. The number of sulfonamides is 1. The quantitative estimate of drug-likeness (QED) is 0.701. The summed E-state index contributed by atoms with van der Waals surface area (Å²) in [5, 5.41) is 8.71. The molecule has 1 aliphatic rings. The number of hydrogen-bond acceptors (Lipinski definition) is 6. The van der Waals surface area contributed by atoms with Crippen LogP contribution >= 0.6 is 0 Å². The highest BCUT2D eigenvalue weighted by atomic mass is 32.2. The second-order valence-electron chi connectivity index (χ2n) is 7.80. The molecule has 9 heteroatoms. The fourth-order valence-electron chi connectivity index (χ4n) is 3.67. The summed E-state index contributed by atoms with van der Waals surface area (Å²) in [7, 11) is -3.35. The van der Waals surface area contributed by atoms with Gasteiger partial charge in [0, 0.05) is 38.2 Å². The van der Waals surface area contributed by atoms with Crippen LogP contribution in [0.5, 0.6) is 5.75 Å². The van der Waals surface area contributed by atoms with Crippen LogP contribution in [0, 0.1) is 5.92 Å². The standard InChI is InChI=1S/C20H31N5O3S/c1-5-28-17-9-7-6-8-16(17)14-24-11-10-18-21-22-20(25(18)13-12-24)19(15(2)3)23-29(4,26)27/h6-9,15,19,23H,5,10-14H2,1-4H3. The Kier molecular flexibility index (Phi) is 6.92. The molecular formula is C20H31N5O3S. The first kappa shape index (κ1) is 21.7. The molecule has 0 amide bonds. The zero-order valence-electron chi connectivity index (χ0n) is 17.6. The maximum absolute atomic E-state index is 11.8. The van der Waals surface area contributed by atoms with Gasteiger partial charge >= 0.3 is 0 Å². The van der Waals surface area contributed by atoms with E-state index in [1.54, 1.807) is 0 Å². The SMILES string of the molecule is CCOc1ccccc1CN1CCc2nnc(C(NS(C)(=O)=O)C(C)C)n2CC1. The molecule has 0 bridgehead atoms. The van der Waals surface area contributed by atoms with Crippen molar-refractivity contribution >= 4 is 10.0 Å². The summed E-state index contributed by atoms with van der Waals surface area (Å²) in [5.41, 5.74) is 1.17. The van der Waals surface area contributed by atoms with Gasteiger partial charge in [0.1, 0.15) is 11.6 Å². The van der Waals surface area contributed by atoms with E-state index in [1.807, 2.05) is 39.0 Å². The van der Waals surface area contributed by atoms with Crippen molar-refractivity contribution in [1.29, 1.82) is 0 Å². The van der Waals surface area contributed by atoms with Crippen LogP contribution in [0.2, 0.25) is 0 Å². The van der Waals surface area contributed by atoms with Gasteiger partial charge in [-0.3, -0.25) is 4.90 Å². The minimum atomic E-state index is -3.35. The molecule has 1 aromatic heterocycles. The highest BCUT2D eigenvalue weighted by Crippen LogP contribution is 2.24. The number of ether oxygens (including phenoxy) is 1. The van der Waals surface area contributed by atoms with Crippen molar-refractivity contribution < 1.29 is 13.2 Å². The highest BCUT2D eigenvalue weighted by Gasteiger charge is 2.28. The molecule has 160 valence electrons. The Bertz CT molecular complexity index is 926. The van der Waals surface area contributed by atoms with Crippen LogP contribution in [0.1, 0.15) is 44.0 Å². The van der Waals surface area contributed by atoms with Gasteiger partial charge in [0.05, 0.1) is 18.9 Å². The van der Waals surface area contributed by atoms with E-state index in [4.69, 9.17) is 4.74 Å². The number of rotatable bonds is 8. The number of benzene rings is 1. The summed E-state index contributed by atoms with van der Waals surface area (Å²) < 4.78 is 34.2. The lowest BCUT2D eigenvalue weighted by Crippen LogP contribution is -2.33. The van der Waals surface area contributed by atoms with Crippen molar-refractivity contribution in [3.63, 3.8) is 0 Å². The predicted octanol–water partition coefficient (Wildman–Crippen LogP) is 1.98. The molecule has 1 N–H and O–H groups in total. The van der Waals surface area contributed by atoms with E-state index in [9.17, 15) is 8.42 Å². The smallest absolute Gasteiger partial charge is 0.209 e. The number of nitrogens with one attached hydrogen (secondary N) is 1. The van der Waals surface area contributed by atoms with Crippen molar-refractivity contribution in [2.75, 3.05) is 26.0 Å². The second-order valence-corrected chi connectivity index (χ2v) is 9.58. The van der Waals surface area contributed by atoms with E-state index in [-0.39, 0.29) is 5.92 Å². The van der Waals surface area contributed by atoms with Gasteiger partial charge in [-0.25, -0.2) is 13.1 Å². The Morgan fingerprint density at radius 2 is 1.93 bits per heavy atom. The van der Waals surface area contributed by atoms with Gasteiger partial charge in [-0.15, -0.1) is 10.2 Å². The molecule has 0 spiro atoms. The Morgan fingerprint density at radius 1 is 1.17 bits per heavy atom. The minimum Gasteiger partial charge on any atom is -0.494 e. The average Bonchev–Trinajstić information content (AvgIpc) is 2.94. The molecule has 2 aromatic rings. The number of aromatic nitrogens is 3. The van der Waals surface area contributed by atoms with Crippen molar-refractivity contribution in [1.82, 2.24) is 24.4 Å². The summed E-state index contributed by atoms with van der Waals surface area (Å²) in [6.45, 7) is 9.84. The lowest BCUT2D eigenvalue weighted by atomic mass is 10.1. The average molecular weight is 422 g/mol. The first-order chi connectivity index (χ1) is 13.8. The summed E-state index contributed by atoms with van der Waals surface area (Å²) in [5.74, 6) is 2.59. The lowest BCUT2D eigenvalue weighted by molar-refractivity contribution is 0.260. The van der Waals surface area contributed by atoms with Gasteiger partial charge in [0.25, 0.3) is 0 Å². The van der Waals surface area contributed by atoms with E-state index in [2.05, 4.69) is 30.5 Å². The van der Waals surface area contributed by atoms with E-state index < -0.39 is 16.1 Å². The number of para-hydroxylation sites is 1. The van der Waals surface area contributed by atoms with Crippen LogP contribution in [-0.2, 0) is 29.5 Å². The maximum atomic E-state index is 11.8. The van der Waals surface area contributed by atoms with E-state index in [1.165, 1.54) is 11.8 Å². The van der Waals surface area contributed by atoms with Gasteiger partial charge in [0.15, 0.2) is 5.82 Å². The lowest BCUT2D eigenvalue weighted by Gasteiger charge is -2.23. The van der Waals surface area contributed by atoms with Gasteiger partial charge in [-0.2, -0.15) is 0 Å². The first-order valence-corrected chi connectivity index (χ1v) is 12.0. The summed E-state index contributed by atoms with van der Waals surface area (Å²) in [6.07, 6.45) is 1.95. The van der Waals surface area contributed by atoms with E-state index in [0.29, 0.717) is 12.4 Å². The summed E-state index contributed by atoms with van der Waals surface area (Å²) in [6, 6.07) is 7.74. The van der Waals surface area contributed by atoms with Crippen LogP contribution in [-0.4, -0.2) is 54.0 Å². The third kappa shape index (κ3) is 5.55. The third-order valence-corrected chi connectivity index (χ3v) is 5.78. The monoisotopic (exact) mass is 421 g/mol. The molecular weight excluding hydrogens is 390 g/mol. The number of hydrogen-bond donors (Lipinski definition) is 1. The highest BCUT2D eigenvalue weighted by molar-refractivity contribution is 7.88. The first-order valence-electron chi connectivity index (χ1n) is 10.1. The van der Waals surface area contributed by atoms with Crippen LogP contribution in [0.4, 0.5) is 0 Å². The summed E-state index contributed by atoms with van der Waals surface area (Å²) >= 11 is 0. The maximum Gasteiger partial charge on any atom is 0.209 e. The largest absolute Gasteiger partial charge is 0.494 e. The predicted molar refractivity (Wildman–Crippen MR) is 112 cm³/mol. The molecule has 8 nitrogen and oxygen atoms in total. The fraction of sp³-hybridized carbons (Fsp3) is 0.600. The van der Waals surface area contributed by atoms with E-state index >= 15 is 0 Å². The fourth-order valence-corrected chi connectivity index (χ4v) is 4.51. The van der Waals surface area contributed by atoms with Crippen molar-refractivity contribution in [3.8, 4) is 5.75 Å². The van der Waals surface area contributed by atoms with Crippen molar-refractivity contribution in [2.45, 2.75) is 46.3 Å². The Balaban J connectivity index is 1.76. The molecule has 1 aromatic carbocycles. The Labute approximate surface area is 173 Å². The van der Waals surface area contributed by atoms with Crippen molar-refractivity contribution in [3.05, 3.63) is 41.5 Å². The molecule has 29 heavy (non-hydrogen) atoms. The van der Waals surface area contributed by atoms with Gasteiger partial charge in [0.2, 0.25) is 10.0 Å². The molecule has 3 rings (SSSR count). The number of fused-ring (bicyclic) bond motifs is 1. The molecule has 0 fully saturated rings. The molecule has 1 aliphatic heterocycles. The molecule has 1 atom stereocenters. The minimum absolute atomic E-state index is 0.0652. The van der Waals surface area contributed by atoms with Crippen LogP contribution in [0.15, 0.2) is 24.3 Å². The zero-order valence-corrected chi connectivity index (χ0v) is 18.4. The Hall–Kier alpha value is -1.97. The molecule has 0 radical (unpaired) electrons. The second kappa shape index (κ2) is 9.23. The third-order valence-electron chi connectivity index (χ3n) is 5.10. The van der Waals surface area contributed by atoms with Crippen LogP contribution in [0.25, 0.3) is 0 Å².